The summed E-state index contributed by atoms with van der Waals surface area (Å²) >= 11 is 0. The summed E-state index contributed by atoms with van der Waals surface area (Å²) in [5.74, 6) is 0.657. The highest BCUT2D eigenvalue weighted by Gasteiger charge is 2.31. The number of hydrogen-bond acceptors (Lipinski definition) is 1. The van der Waals surface area contributed by atoms with Gasteiger partial charge in [-0.05, 0) is 19.1 Å². The molecule has 1 aromatic rings. The monoisotopic (exact) mass is 285 g/mol. The van der Waals surface area contributed by atoms with Crippen LogP contribution in [0.4, 0.5) is 17.3 Å². The van der Waals surface area contributed by atoms with E-state index in [2.05, 4.69) is 0 Å². The van der Waals surface area contributed by atoms with Gasteiger partial charge in [0, 0.05) is 14.1 Å². The van der Waals surface area contributed by atoms with E-state index < -0.39 is 17.4 Å². The molecule has 1 unspecified atom stereocenters. The fourth-order valence-electron chi connectivity index (χ4n) is 1.27. The van der Waals surface area contributed by atoms with Crippen molar-refractivity contribution in [3.63, 3.8) is 0 Å². The maximum Gasteiger partial charge on any atom is 0.673 e. The summed E-state index contributed by atoms with van der Waals surface area (Å²) in [5.41, 5.74) is 0. The minimum absolute atomic E-state index is 0.657. The summed E-state index contributed by atoms with van der Waals surface area (Å²) in [7, 11) is -4.27. The molecule has 8 heteroatoms. The normalized spacial score (nSPS) is 14.7. The predicted octanol–water partition coefficient (Wildman–Crippen LogP) is 3.34. The summed E-state index contributed by atoms with van der Waals surface area (Å²) < 4.78 is 53.2. The second-order valence-corrected chi connectivity index (χ2v) is 6.61. The first-order valence-corrected chi connectivity index (χ1v) is 6.91. The number of rotatable bonds is 3. The van der Waals surface area contributed by atoms with Gasteiger partial charge in [-0.15, -0.1) is 4.31 Å². The quantitative estimate of drug-likeness (QED) is 0.474. The molecule has 2 nitrogen and oxygen atoms in total. The zero-order valence-corrected chi connectivity index (χ0v) is 11.3. The molecular formula is C10H16BF4NOS. The van der Waals surface area contributed by atoms with Crippen molar-refractivity contribution in [1.82, 2.24) is 4.31 Å². The maximum absolute atomic E-state index is 12.4. The van der Waals surface area contributed by atoms with E-state index in [1.54, 1.807) is 0 Å². The average molecular weight is 285 g/mol. The molecule has 1 aromatic carbocycles. The van der Waals surface area contributed by atoms with Crippen LogP contribution < -0.4 is 0 Å². The lowest BCUT2D eigenvalue weighted by atomic mass is 10.3. The van der Waals surface area contributed by atoms with Crippen LogP contribution in [0.5, 0.6) is 0 Å². The Hall–Kier alpha value is -0.885. The molecule has 0 aliphatic carbocycles. The van der Waals surface area contributed by atoms with Gasteiger partial charge in [0.25, 0.3) is 0 Å². The number of nitrogens with zero attached hydrogens (tertiary/aromatic N) is 1. The highest BCUT2D eigenvalue weighted by atomic mass is 32.3. The van der Waals surface area contributed by atoms with E-state index in [-0.39, 0.29) is 0 Å². The SMILES string of the molecule is CC[S+](=O)(c1ccccc1)N(C)C.F[B-](F)(F)F. The molecule has 0 bridgehead atoms. The van der Waals surface area contributed by atoms with E-state index in [0.717, 1.165) is 4.90 Å². The van der Waals surface area contributed by atoms with Crippen molar-refractivity contribution in [3.8, 4) is 0 Å². The van der Waals surface area contributed by atoms with Crippen LogP contribution in [0.1, 0.15) is 6.92 Å². The van der Waals surface area contributed by atoms with Crippen molar-refractivity contribution in [3.05, 3.63) is 30.3 Å². The van der Waals surface area contributed by atoms with Crippen LogP contribution in [0.3, 0.4) is 0 Å². The molecule has 0 fully saturated rings. The Labute approximate surface area is 106 Å². The van der Waals surface area contributed by atoms with Crippen LogP contribution in [0.2, 0.25) is 0 Å². The van der Waals surface area contributed by atoms with Crippen molar-refractivity contribution in [2.75, 3.05) is 19.8 Å². The Morgan fingerprint density at radius 3 is 1.78 bits per heavy atom. The van der Waals surface area contributed by atoms with Crippen molar-refractivity contribution < 1.29 is 21.5 Å². The van der Waals surface area contributed by atoms with E-state index in [9.17, 15) is 21.5 Å². The van der Waals surface area contributed by atoms with Gasteiger partial charge in [-0.25, -0.2) is 0 Å². The molecule has 0 aliphatic rings. The van der Waals surface area contributed by atoms with Crippen LogP contribution in [-0.4, -0.2) is 31.4 Å². The third-order valence-electron chi connectivity index (χ3n) is 2.09. The lowest BCUT2D eigenvalue weighted by Crippen LogP contribution is -2.31. The van der Waals surface area contributed by atoms with Crippen LogP contribution in [-0.2, 0) is 14.3 Å². The molecule has 0 heterocycles. The van der Waals surface area contributed by atoms with Gasteiger partial charge in [-0.1, -0.05) is 22.4 Å². The summed E-state index contributed by atoms with van der Waals surface area (Å²) in [5, 5.41) is 0. The maximum atomic E-state index is 12.4. The fourth-order valence-corrected chi connectivity index (χ4v) is 3.12. The van der Waals surface area contributed by atoms with Crippen molar-refractivity contribution in [1.29, 1.82) is 0 Å². The molecule has 0 amide bonds. The zero-order valence-electron chi connectivity index (χ0n) is 10.4. The van der Waals surface area contributed by atoms with Gasteiger partial charge >= 0.3 is 7.25 Å². The molecule has 104 valence electrons. The average Bonchev–Trinajstić information content (AvgIpc) is 2.26. The van der Waals surface area contributed by atoms with Gasteiger partial charge in [-0.2, -0.15) is 0 Å². The molecule has 0 aromatic heterocycles. The highest BCUT2D eigenvalue weighted by molar-refractivity contribution is 8.00. The number of benzene rings is 1. The third kappa shape index (κ3) is 6.16. The summed E-state index contributed by atoms with van der Waals surface area (Å²) in [4.78, 5) is 0.919. The summed E-state index contributed by atoms with van der Waals surface area (Å²) in [6.45, 7) is 1.95. The van der Waals surface area contributed by atoms with E-state index in [1.165, 1.54) is 0 Å². The second-order valence-electron chi connectivity index (χ2n) is 3.55. The van der Waals surface area contributed by atoms with Crippen molar-refractivity contribution >= 4 is 17.4 Å². The molecular weight excluding hydrogens is 269 g/mol. The summed E-state index contributed by atoms with van der Waals surface area (Å²) in [6, 6.07) is 9.63. The van der Waals surface area contributed by atoms with E-state index >= 15 is 0 Å². The standard InChI is InChI=1S/C10H16NOS.BF4/c1-4-13(12,11(2)3)10-8-6-5-7-9-10;2-1(3,4)5/h5-9H,4H2,1-3H3;/q+1;-1. The minimum Gasteiger partial charge on any atom is -0.418 e. The van der Waals surface area contributed by atoms with Crippen LogP contribution in [0, 0.1) is 0 Å². The smallest absolute Gasteiger partial charge is 0.418 e. The third-order valence-corrected chi connectivity index (χ3v) is 5.06. The lowest BCUT2D eigenvalue weighted by Gasteiger charge is -2.15. The molecule has 18 heavy (non-hydrogen) atoms. The van der Waals surface area contributed by atoms with Crippen molar-refractivity contribution in [2.45, 2.75) is 11.8 Å². The molecule has 0 aliphatic heterocycles. The first-order chi connectivity index (χ1) is 8.11. The first kappa shape index (κ1) is 17.1. The minimum atomic E-state index is -6.00. The molecule has 0 saturated heterocycles. The second kappa shape index (κ2) is 6.89. The number of hydrogen-bond donors (Lipinski definition) is 0. The largest absolute Gasteiger partial charge is 0.673 e. The first-order valence-electron chi connectivity index (χ1n) is 5.23. The Bertz CT molecular complexity index is 391. The number of halogens is 4. The Kier molecular flexibility index (Phi) is 6.55. The molecule has 1 atom stereocenters. The highest BCUT2D eigenvalue weighted by Crippen LogP contribution is 2.20. The Morgan fingerprint density at radius 1 is 1.11 bits per heavy atom. The molecule has 0 saturated carbocycles. The lowest BCUT2D eigenvalue weighted by molar-refractivity contribution is 0.368. The molecule has 0 radical (unpaired) electrons. The van der Waals surface area contributed by atoms with Gasteiger partial charge < -0.3 is 17.3 Å². The molecule has 0 N–H and O–H groups in total. The van der Waals surface area contributed by atoms with Crippen LogP contribution in [0.25, 0.3) is 0 Å². The Morgan fingerprint density at radius 2 is 1.50 bits per heavy atom. The van der Waals surface area contributed by atoms with Gasteiger partial charge in [0.15, 0.2) is 15.0 Å². The van der Waals surface area contributed by atoms with Crippen molar-refractivity contribution in [2.24, 2.45) is 0 Å². The van der Waals surface area contributed by atoms with Crippen LogP contribution in [0.15, 0.2) is 35.2 Å². The molecule has 0 spiro atoms. The van der Waals surface area contributed by atoms with Gasteiger partial charge in [0.05, 0.1) is 0 Å². The van der Waals surface area contributed by atoms with E-state index in [1.807, 2.05) is 55.7 Å². The zero-order chi connectivity index (χ0) is 14.4. The molecule has 1 rings (SSSR count). The van der Waals surface area contributed by atoms with Crippen LogP contribution >= 0.6 is 0 Å². The van der Waals surface area contributed by atoms with Gasteiger partial charge in [0.2, 0.25) is 0 Å². The fraction of sp³-hybridized carbons (Fsp3) is 0.400. The van der Waals surface area contributed by atoms with Gasteiger partial charge in [0.1, 0.15) is 5.75 Å². The van der Waals surface area contributed by atoms with E-state index in [4.69, 9.17) is 0 Å². The Balaban J connectivity index is 0.000000494. The van der Waals surface area contributed by atoms with Gasteiger partial charge in [-0.3, -0.25) is 0 Å². The predicted molar refractivity (Wildman–Crippen MR) is 67.2 cm³/mol. The topological polar surface area (TPSA) is 20.3 Å². The summed E-state index contributed by atoms with van der Waals surface area (Å²) in [6.07, 6.45) is 0. The van der Waals surface area contributed by atoms with E-state index in [0.29, 0.717) is 5.75 Å².